The average molecular weight is 359 g/mol. The molecular weight excluding hydrogens is 337 g/mol. The normalized spacial score (nSPS) is 19.4. The first-order chi connectivity index (χ1) is 12.4. The number of hydrogen-bond donors (Lipinski definition) is 3. The molecule has 1 aromatic heterocycles. The summed E-state index contributed by atoms with van der Waals surface area (Å²) in [6.07, 6.45) is 1.72. The fourth-order valence-electron chi connectivity index (χ4n) is 2.84. The Kier molecular flexibility index (Phi) is 5.15. The van der Waals surface area contributed by atoms with Crippen LogP contribution in [0.15, 0.2) is 30.5 Å². The molecule has 7 nitrogen and oxygen atoms in total. The van der Waals surface area contributed by atoms with Gasteiger partial charge in [0.2, 0.25) is 0 Å². The Morgan fingerprint density at radius 2 is 2.27 bits per heavy atom. The van der Waals surface area contributed by atoms with Gasteiger partial charge in [-0.3, -0.25) is 4.79 Å². The number of amides is 1. The monoisotopic (exact) mass is 359 g/mol. The molecule has 3 rings (SSSR count). The molecule has 1 unspecified atom stereocenters. The zero-order valence-electron chi connectivity index (χ0n) is 14.8. The number of nitrogens with one attached hydrogen (secondary N) is 2. The van der Waals surface area contributed by atoms with Crippen LogP contribution in [0.25, 0.3) is 11.4 Å². The van der Waals surface area contributed by atoms with E-state index in [1.165, 1.54) is 0 Å². The van der Waals surface area contributed by atoms with Crippen molar-refractivity contribution in [3.8, 4) is 11.4 Å². The summed E-state index contributed by atoms with van der Waals surface area (Å²) in [5.74, 6) is -0.280. The number of halogens is 1. The van der Waals surface area contributed by atoms with E-state index < -0.39 is 11.4 Å². The van der Waals surface area contributed by atoms with Crippen LogP contribution >= 0.6 is 0 Å². The molecule has 1 aliphatic rings. The first-order valence-electron chi connectivity index (χ1n) is 8.40. The Labute approximate surface area is 151 Å². The van der Waals surface area contributed by atoms with E-state index in [4.69, 9.17) is 0 Å². The molecule has 0 spiro atoms. The second kappa shape index (κ2) is 7.35. The van der Waals surface area contributed by atoms with E-state index in [1.54, 1.807) is 43.3 Å². The molecule has 0 aliphatic carbocycles. The SMILES string of the molecule is CN(C)c1nc(-c2cccc(C(=O)NCC3(O)CCNC3)c2)ncc1F. The van der Waals surface area contributed by atoms with Gasteiger partial charge < -0.3 is 20.6 Å². The molecule has 0 radical (unpaired) electrons. The first kappa shape index (κ1) is 18.2. The molecule has 1 aromatic carbocycles. The Balaban J connectivity index is 1.77. The molecule has 1 aliphatic heterocycles. The van der Waals surface area contributed by atoms with Crippen LogP contribution in [0.5, 0.6) is 0 Å². The highest BCUT2D eigenvalue weighted by Gasteiger charge is 2.31. The molecule has 1 fully saturated rings. The van der Waals surface area contributed by atoms with Crippen molar-refractivity contribution in [2.45, 2.75) is 12.0 Å². The maximum Gasteiger partial charge on any atom is 0.251 e. The number of aromatic nitrogens is 2. The zero-order valence-corrected chi connectivity index (χ0v) is 14.8. The Hall–Kier alpha value is -2.58. The van der Waals surface area contributed by atoms with Gasteiger partial charge in [0.05, 0.1) is 11.8 Å². The van der Waals surface area contributed by atoms with Gasteiger partial charge in [-0.05, 0) is 25.1 Å². The third kappa shape index (κ3) is 3.97. The van der Waals surface area contributed by atoms with Crippen LogP contribution in [0.3, 0.4) is 0 Å². The predicted molar refractivity (Wildman–Crippen MR) is 96.5 cm³/mol. The van der Waals surface area contributed by atoms with Gasteiger partial charge in [0.1, 0.15) is 0 Å². The van der Waals surface area contributed by atoms with Crippen molar-refractivity contribution in [2.24, 2.45) is 0 Å². The molecule has 26 heavy (non-hydrogen) atoms. The number of carbonyl (C=O) groups excluding carboxylic acids is 1. The molecule has 8 heteroatoms. The summed E-state index contributed by atoms with van der Waals surface area (Å²) in [7, 11) is 3.39. The first-order valence-corrected chi connectivity index (χ1v) is 8.40. The largest absolute Gasteiger partial charge is 0.387 e. The minimum Gasteiger partial charge on any atom is -0.387 e. The number of rotatable bonds is 5. The smallest absolute Gasteiger partial charge is 0.251 e. The number of hydrogen-bond acceptors (Lipinski definition) is 6. The second-order valence-electron chi connectivity index (χ2n) is 6.67. The van der Waals surface area contributed by atoms with Crippen molar-refractivity contribution in [3.63, 3.8) is 0 Å². The number of aliphatic hydroxyl groups is 1. The van der Waals surface area contributed by atoms with Gasteiger partial charge in [-0.1, -0.05) is 12.1 Å². The third-order valence-electron chi connectivity index (χ3n) is 4.33. The molecule has 1 saturated heterocycles. The van der Waals surface area contributed by atoms with Crippen LogP contribution in [0.4, 0.5) is 10.2 Å². The van der Waals surface area contributed by atoms with Gasteiger partial charge in [-0.25, -0.2) is 14.4 Å². The van der Waals surface area contributed by atoms with E-state index >= 15 is 0 Å². The van der Waals surface area contributed by atoms with Crippen molar-refractivity contribution in [2.75, 3.05) is 38.6 Å². The quantitative estimate of drug-likeness (QED) is 0.732. The van der Waals surface area contributed by atoms with E-state index in [9.17, 15) is 14.3 Å². The lowest BCUT2D eigenvalue weighted by Crippen LogP contribution is -2.44. The molecule has 2 aromatic rings. The van der Waals surface area contributed by atoms with Gasteiger partial charge in [0, 0.05) is 38.3 Å². The van der Waals surface area contributed by atoms with Crippen LogP contribution in [0, 0.1) is 5.82 Å². The highest BCUT2D eigenvalue weighted by atomic mass is 19.1. The van der Waals surface area contributed by atoms with E-state index in [-0.39, 0.29) is 18.3 Å². The summed E-state index contributed by atoms with van der Waals surface area (Å²) in [4.78, 5) is 22.2. The summed E-state index contributed by atoms with van der Waals surface area (Å²) < 4.78 is 13.8. The fourth-order valence-corrected chi connectivity index (χ4v) is 2.84. The van der Waals surface area contributed by atoms with E-state index in [0.717, 1.165) is 12.7 Å². The van der Waals surface area contributed by atoms with Gasteiger partial charge >= 0.3 is 0 Å². The predicted octanol–water partition coefficient (Wildman–Crippen LogP) is 0.803. The standard InChI is InChI=1S/C18H22FN5O2/c1-24(2)16-14(19)9-21-15(23-16)12-4-3-5-13(8-12)17(25)22-11-18(26)6-7-20-10-18/h3-5,8-9,20,26H,6-7,10-11H2,1-2H3,(H,22,25). The lowest BCUT2D eigenvalue weighted by Gasteiger charge is -2.21. The highest BCUT2D eigenvalue weighted by Crippen LogP contribution is 2.21. The molecule has 0 bridgehead atoms. The van der Waals surface area contributed by atoms with E-state index in [0.29, 0.717) is 29.9 Å². The zero-order chi connectivity index (χ0) is 18.7. The van der Waals surface area contributed by atoms with Crippen LogP contribution in [-0.2, 0) is 0 Å². The average Bonchev–Trinajstić information content (AvgIpc) is 3.07. The van der Waals surface area contributed by atoms with Crippen LogP contribution in [-0.4, -0.2) is 60.3 Å². The molecule has 0 saturated carbocycles. The van der Waals surface area contributed by atoms with Crippen LogP contribution in [0.2, 0.25) is 0 Å². The number of benzene rings is 1. The van der Waals surface area contributed by atoms with Crippen LogP contribution in [0.1, 0.15) is 16.8 Å². The molecule has 1 atom stereocenters. The van der Waals surface area contributed by atoms with Crippen LogP contribution < -0.4 is 15.5 Å². The van der Waals surface area contributed by atoms with Crippen molar-refractivity contribution >= 4 is 11.7 Å². The minimum absolute atomic E-state index is 0.181. The second-order valence-corrected chi connectivity index (χ2v) is 6.67. The van der Waals surface area contributed by atoms with Gasteiger partial charge in [-0.2, -0.15) is 0 Å². The number of β-amino-alcohol motifs (C(OH)–C–C–N with tert-alkyl or cyclic N) is 1. The van der Waals surface area contributed by atoms with E-state index in [1.807, 2.05) is 0 Å². The molecule has 3 N–H and O–H groups in total. The minimum atomic E-state index is -0.909. The maximum atomic E-state index is 13.8. The summed E-state index contributed by atoms with van der Waals surface area (Å²) in [5, 5.41) is 16.1. The number of carbonyl (C=O) groups is 1. The summed E-state index contributed by atoms with van der Waals surface area (Å²) in [6, 6.07) is 6.81. The molecular formula is C18H22FN5O2. The Bertz CT molecular complexity index is 806. The summed E-state index contributed by atoms with van der Waals surface area (Å²) >= 11 is 0. The number of nitrogens with zero attached hydrogens (tertiary/aromatic N) is 3. The topological polar surface area (TPSA) is 90.4 Å². The third-order valence-corrected chi connectivity index (χ3v) is 4.33. The summed E-state index contributed by atoms with van der Waals surface area (Å²) in [5.41, 5.74) is 0.131. The Morgan fingerprint density at radius 3 is 2.96 bits per heavy atom. The van der Waals surface area contributed by atoms with Crippen molar-refractivity contribution in [1.82, 2.24) is 20.6 Å². The lowest BCUT2D eigenvalue weighted by atomic mass is 10.0. The molecule has 138 valence electrons. The van der Waals surface area contributed by atoms with Crippen molar-refractivity contribution in [1.29, 1.82) is 0 Å². The number of anilines is 1. The Morgan fingerprint density at radius 1 is 1.46 bits per heavy atom. The van der Waals surface area contributed by atoms with Gasteiger partial charge in [0.25, 0.3) is 5.91 Å². The van der Waals surface area contributed by atoms with Gasteiger partial charge in [0.15, 0.2) is 17.5 Å². The maximum absolute atomic E-state index is 13.8. The fraction of sp³-hybridized carbons (Fsp3) is 0.389. The van der Waals surface area contributed by atoms with E-state index in [2.05, 4.69) is 20.6 Å². The molecule has 2 heterocycles. The van der Waals surface area contributed by atoms with Crippen molar-refractivity contribution < 1.29 is 14.3 Å². The van der Waals surface area contributed by atoms with Crippen molar-refractivity contribution in [3.05, 3.63) is 41.8 Å². The van der Waals surface area contributed by atoms with Gasteiger partial charge in [-0.15, -0.1) is 0 Å². The highest BCUT2D eigenvalue weighted by molar-refractivity contribution is 5.95. The lowest BCUT2D eigenvalue weighted by molar-refractivity contribution is 0.0562. The summed E-state index contributed by atoms with van der Waals surface area (Å²) in [6.45, 7) is 1.38. The molecule has 1 amide bonds.